The fraction of sp³-hybridized carbons (Fsp3) is 0.900. The molecule has 0 aromatic carbocycles. The van der Waals surface area contributed by atoms with Gasteiger partial charge in [-0.1, -0.05) is 0 Å². The molecule has 3 heteroatoms. The molecule has 23 heavy (non-hydrogen) atoms. The zero-order valence-electron chi connectivity index (χ0n) is 13.2. The minimum absolute atomic E-state index is 0.545. The minimum Gasteiger partial charge on any atom is -0.369 e. The number of fused-ring (bicyclic) bond motifs is 6. The van der Waals surface area contributed by atoms with Crippen molar-refractivity contribution in [3.8, 4) is 12.1 Å². The van der Waals surface area contributed by atoms with Crippen LogP contribution >= 0.6 is 0 Å². The fourth-order valence-corrected chi connectivity index (χ4v) is 10.0. The van der Waals surface area contributed by atoms with Gasteiger partial charge in [-0.2, -0.15) is 10.5 Å². The number of hydrogen-bond donors (Lipinski definition) is 0. The van der Waals surface area contributed by atoms with E-state index in [-0.39, 0.29) is 0 Å². The van der Waals surface area contributed by atoms with E-state index >= 15 is 0 Å². The number of nitrogens with zero attached hydrogens (tertiary/aromatic N) is 2. The molecule has 3 nitrogen and oxygen atoms in total. The molecule has 0 spiro atoms. The number of nitriles is 2. The Bertz CT molecular complexity index is 635. The van der Waals surface area contributed by atoms with E-state index < -0.39 is 0 Å². The summed E-state index contributed by atoms with van der Waals surface area (Å²) in [6.45, 7) is 0. The maximum absolute atomic E-state index is 9.32. The molecule has 118 valence electrons. The van der Waals surface area contributed by atoms with Crippen molar-refractivity contribution in [3.63, 3.8) is 0 Å². The molecular formula is C20H22N2O. The highest BCUT2D eigenvalue weighted by atomic mass is 16.6. The van der Waals surface area contributed by atoms with Crippen LogP contribution in [0, 0.1) is 93.7 Å². The predicted molar refractivity (Wildman–Crippen MR) is 80.2 cm³/mol. The topological polar surface area (TPSA) is 60.1 Å². The van der Waals surface area contributed by atoms with Crippen LogP contribution in [0.15, 0.2) is 0 Å². The third-order valence-corrected chi connectivity index (χ3v) is 9.80. The van der Waals surface area contributed by atoms with Crippen molar-refractivity contribution in [2.24, 2.45) is 71.0 Å². The first kappa shape index (κ1) is 12.3. The van der Waals surface area contributed by atoms with Gasteiger partial charge in [0, 0.05) is 12.8 Å². The quantitative estimate of drug-likeness (QED) is 0.737. The van der Waals surface area contributed by atoms with Gasteiger partial charge in [0.1, 0.15) is 0 Å². The van der Waals surface area contributed by atoms with Crippen molar-refractivity contribution < 1.29 is 4.74 Å². The molecular weight excluding hydrogens is 284 g/mol. The van der Waals surface area contributed by atoms with E-state index in [0.717, 1.165) is 72.0 Å². The Morgan fingerprint density at radius 2 is 1.13 bits per heavy atom. The highest BCUT2D eigenvalue weighted by Crippen LogP contribution is 2.84. The Morgan fingerprint density at radius 1 is 0.652 bits per heavy atom. The van der Waals surface area contributed by atoms with Crippen LogP contribution < -0.4 is 0 Å². The molecule has 6 saturated carbocycles. The second kappa shape index (κ2) is 3.62. The van der Waals surface area contributed by atoms with E-state index in [2.05, 4.69) is 12.1 Å². The standard InChI is InChI=1S/C20H22N2O/c21-3-1-7-5-9-10-6-8(2-4-22)12-14(10)15-13(9)11(7)17-16(15)18(12)20-19(17)23-20/h7-20H,1-2,5-6H2/t7-,8+,9-,10+,11-,12-,13+,14-,15?,16?,17+,18+,19+,20-/m1/s1. The van der Waals surface area contributed by atoms with Gasteiger partial charge in [0.2, 0.25) is 0 Å². The van der Waals surface area contributed by atoms with Gasteiger partial charge in [0.05, 0.1) is 24.3 Å². The smallest absolute Gasteiger partial charge is 0.0878 e. The van der Waals surface area contributed by atoms with Crippen LogP contribution in [0.25, 0.3) is 0 Å². The molecule has 2 unspecified atom stereocenters. The SMILES string of the molecule is N#CC[C@H]1C[C@H]2[C@H]3C[C@@H](CC#N)[C@@H]4[C@H]3C3C5[C@@H]([C@H]6O[C@H]6[C@H]54)[C@H]1[C@H]32. The van der Waals surface area contributed by atoms with Crippen molar-refractivity contribution in [1.29, 1.82) is 10.5 Å². The van der Waals surface area contributed by atoms with Crippen LogP contribution in [0.3, 0.4) is 0 Å². The van der Waals surface area contributed by atoms with Gasteiger partial charge in [-0.25, -0.2) is 0 Å². The molecule has 0 aromatic heterocycles. The van der Waals surface area contributed by atoms with E-state index in [0.29, 0.717) is 24.0 Å². The third-order valence-electron chi connectivity index (χ3n) is 9.80. The van der Waals surface area contributed by atoms with Gasteiger partial charge in [-0.05, 0) is 83.9 Å². The van der Waals surface area contributed by atoms with Crippen molar-refractivity contribution in [1.82, 2.24) is 0 Å². The molecule has 0 bridgehead atoms. The summed E-state index contributed by atoms with van der Waals surface area (Å²) >= 11 is 0. The van der Waals surface area contributed by atoms with Crippen LogP contribution in [-0.2, 0) is 4.74 Å². The molecule has 14 atom stereocenters. The summed E-state index contributed by atoms with van der Waals surface area (Å²) < 4.78 is 6.21. The second-order valence-electron chi connectivity index (χ2n) is 9.73. The van der Waals surface area contributed by atoms with Crippen molar-refractivity contribution in [2.75, 3.05) is 0 Å². The molecule has 7 aliphatic rings. The van der Waals surface area contributed by atoms with E-state index in [1.54, 1.807) is 0 Å². The van der Waals surface area contributed by atoms with Gasteiger partial charge < -0.3 is 4.74 Å². The lowest BCUT2D eigenvalue weighted by Gasteiger charge is -2.29. The first-order valence-electron chi connectivity index (χ1n) is 9.74. The second-order valence-corrected chi connectivity index (χ2v) is 9.73. The Labute approximate surface area is 137 Å². The number of epoxide rings is 1. The Morgan fingerprint density at radius 3 is 1.61 bits per heavy atom. The first-order chi connectivity index (χ1) is 11.3. The molecule has 6 aliphatic carbocycles. The van der Waals surface area contributed by atoms with E-state index in [1.807, 2.05) is 0 Å². The number of ether oxygens (including phenoxy) is 1. The lowest BCUT2D eigenvalue weighted by molar-refractivity contribution is 0.104. The lowest BCUT2D eigenvalue weighted by Crippen LogP contribution is -2.27. The van der Waals surface area contributed by atoms with Crippen LogP contribution in [-0.4, -0.2) is 12.2 Å². The number of rotatable bonds is 2. The fourth-order valence-electron chi connectivity index (χ4n) is 10.0. The van der Waals surface area contributed by atoms with Crippen molar-refractivity contribution in [3.05, 3.63) is 0 Å². The molecule has 0 radical (unpaired) electrons. The Balaban J connectivity index is 1.39. The van der Waals surface area contributed by atoms with Gasteiger partial charge in [0.25, 0.3) is 0 Å². The monoisotopic (exact) mass is 306 g/mol. The van der Waals surface area contributed by atoms with Gasteiger partial charge in [-0.15, -0.1) is 0 Å². The number of hydrogen-bond acceptors (Lipinski definition) is 3. The molecule has 0 N–H and O–H groups in total. The summed E-state index contributed by atoms with van der Waals surface area (Å²) in [6, 6.07) is 5.00. The van der Waals surface area contributed by atoms with Gasteiger partial charge >= 0.3 is 0 Å². The zero-order chi connectivity index (χ0) is 15.0. The van der Waals surface area contributed by atoms with Crippen LogP contribution in [0.2, 0.25) is 0 Å². The maximum atomic E-state index is 9.32. The Kier molecular flexibility index (Phi) is 1.94. The average Bonchev–Trinajstić information content (AvgIpc) is 2.95. The van der Waals surface area contributed by atoms with Crippen molar-refractivity contribution in [2.45, 2.75) is 37.9 Å². The molecule has 1 heterocycles. The minimum atomic E-state index is 0.545. The summed E-state index contributed by atoms with van der Waals surface area (Å²) in [5, 5.41) is 18.6. The first-order valence-corrected chi connectivity index (χ1v) is 9.74. The highest BCUT2D eigenvalue weighted by molar-refractivity contribution is 5.30. The van der Waals surface area contributed by atoms with Crippen LogP contribution in [0.5, 0.6) is 0 Å². The van der Waals surface area contributed by atoms with E-state index in [9.17, 15) is 10.5 Å². The molecule has 1 saturated heterocycles. The summed E-state index contributed by atoms with van der Waals surface area (Å²) in [5.41, 5.74) is 0. The lowest BCUT2D eigenvalue weighted by atomic mass is 9.77. The normalized spacial score (nSPS) is 70.3. The Hall–Kier alpha value is -1.06. The molecule has 1 aliphatic heterocycles. The summed E-state index contributed by atoms with van der Waals surface area (Å²) in [7, 11) is 0. The molecule has 7 fully saturated rings. The van der Waals surface area contributed by atoms with E-state index in [4.69, 9.17) is 4.74 Å². The molecule has 0 amide bonds. The zero-order valence-corrected chi connectivity index (χ0v) is 13.2. The predicted octanol–water partition coefficient (Wildman–Crippen LogP) is 2.84. The van der Waals surface area contributed by atoms with Crippen molar-refractivity contribution >= 4 is 0 Å². The molecule has 0 aromatic rings. The largest absolute Gasteiger partial charge is 0.369 e. The highest BCUT2D eigenvalue weighted by Gasteiger charge is 2.83. The average molecular weight is 306 g/mol. The summed E-state index contributed by atoms with van der Waals surface area (Å²) in [4.78, 5) is 0. The van der Waals surface area contributed by atoms with Gasteiger partial charge in [-0.3, -0.25) is 0 Å². The molecule has 7 rings (SSSR count). The van der Waals surface area contributed by atoms with E-state index in [1.165, 1.54) is 12.8 Å². The maximum Gasteiger partial charge on any atom is 0.0878 e. The van der Waals surface area contributed by atoms with Crippen LogP contribution in [0.4, 0.5) is 0 Å². The van der Waals surface area contributed by atoms with Gasteiger partial charge in [0.15, 0.2) is 0 Å². The third kappa shape index (κ3) is 1.09. The summed E-state index contributed by atoms with van der Waals surface area (Å²) in [6.07, 6.45) is 5.28. The summed E-state index contributed by atoms with van der Waals surface area (Å²) in [5.74, 6) is 10.0. The van der Waals surface area contributed by atoms with Crippen LogP contribution in [0.1, 0.15) is 25.7 Å².